The monoisotopic (exact) mass is 421 g/mol. The summed E-state index contributed by atoms with van der Waals surface area (Å²) in [6.45, 7) is 4.59. The third-order valence-corrected chi connectivity index (χ3v) is 5.31. The van der Waals surface area contributed by atoms with Crippen molar-refractivity contribution in [2.75, 3.05) is 4.90 Å². The molecule has 0 bridgehead atoms. The number of nitrogens with zero attached hydrogens (tertiary/aromatic N) is 2. The van der Waals surface area contributed by atoms with Gasteiger partial charge in [-0.15, -0.1) is 0 Å². The van der Waals surface area contributed by atoms with E-state index < -0.39 is 0 Å². The molecule has 2 heterocycles. The Hall–Kier alpha value is -2.66. The van der Waals surface area contributed by atoms with Crippen molar-refractivity contribution in [1.82, 2.24) is 10.3 Å². The molecule has 0 spiro atoms. The first-order chi connectivity index (χ1) is 13.0. The Balaban J connectivity index is 1.85. The fraction of sp³-hybridized carbons (Fsp3) is 0.182. The molecule has 3 aromatic rings. The molecule has 4 nitrogen and oxygen atoms in total. The highest BCUT2D eigenvalue weighted by Crippen LogP contribution is 2.35. The van der Waals surface area contributed by atoms with Crippen LogP contribution >= 0.6 is 15.9 Å². The van der Waals surface area contributed by atoms with Crippen LogP contribution < -0.4 is 10.2 Å². The maximum absolute atomic E-state index is 12.9. The van der Waals surface area contributed by atoms with Gasteiger partial charge >= 0.3 is 0 Å². The van der Waals surface area contributed by atoms with Gasteiger partial charge in [-0.3, -0.25) is 4.79 Å². The number of nitrogens with one attached hydrogen (secondary N) is 1. The van der Waals surface area contributed by atoms with Crippen molar-refractivity contribution < 1.29 is 4.79 Å². The molecule has 0 unspecified atom stereocenters. The molecule has 0 fully saturated rings. The zero-order valence-corrected chi connectivity index (χ0v) is 16.8. The van der Waals surface area contributed by atoms with E-state index in [1.807, 2.05) is 62.4 Å². The molecule has 0 radical (unpaired) electrons. The second-order valence-corrected chi connectivity index (χ2v) is 7.74. The molecule has 1 aliphatic heterocycles. The van der Waals surface area contributed by atoms with Crippen LogP contribution in [0.5, 0.6) is 0 Å². The fourth-order valence-electron chi connectivity index (χ4n) is 3.56. The maximum atomic E-state index is 12.9. The lowest BCUT2D eigenvalue weighted by molar-refractivity contribution is 0.0924. The van der Waals surface area contributed by atoms with Gasteiger partial charge in [0.15, 0.2) is 0 Å². The first kappa shape index (κ1) is 17.7. The Kier molecular flexibility index (Phi) is 4.70. The first-order valence-corrected chi connectivity index (χ1v) is 9.67. The molecule has 1 N–H and O–H groups in total. The Labute approximate surface area is 167 Å². The van der Waals surface area contributed by atoms with Gasteiger partial charge in [0, 0.05) is 16.7 Å². The average Bonchev–Trinajstić information content (AvgIpc) is 2.65. The zero-order chi connectivity index (χ0) is 19.0. The van der Waals surface area contributed by atoms with Gasteiger partial charge in [-0.05, 0) is 48.7 Å². The van der Waals surface area contributed by atoms with Gasteiger partial charge in [-0.2, -0.15) is 0 Å². The minimum atomic E-state index is -0.271. The lowest BCUT2D eigenvalue weighted by Gasteiger charge is -2.39. The number of pyridine rings is 1. The number of anilines is 1. The molecule has 0 saturated carbocycles. The number of aromatic nitrogens is 1. The zero-order valence-electron chi connectivity index (χ0n) is 15.2. The molecule has 5 heteroatoms. The van der Waals surface area contributed by atoms with E-state index >= 15 is 0 Å². The first-order valence-electron chi connectivity index (χ1n) is 8.88. The van der Waals surface area contributed by atoms with Crippen molar-refractivity contribution in [3.63, 3.8) is 0 Å². The van der Waals surface area contributed by atoms with Gasteiger partial charge in [0.05, 0.1) is 5.56 Å². The predicted molar refractivity (Wildman–Crippen MR) is 111 cm³/mol. The minimum absolute atomic E-state index is 0.0766. The number of hydrogen-bond acceptors (Lipinski definition) is 3. The normalized spacial score (nSPS) is 16.0. The Morgan fingerprint density at radius 1 is 1.07 bits per heavy atom. The summed E-state index contributed by atoms with van der Waals surface area (Å²) < 4.78 is 1.01. The number of aryl methyl sites for hydroxylation is 2. The van der Waals surface area contributed by atoms with Crippen molar-refractivity contribution in [2.24, 2.45) is 0 Å². The molecule has 1 atom stereocenters. The van der Waals surface area contributed by atoms with Gasteiger partial charge in [-0.1, -0.05) is 58.4 Å². The highest BCUT2D eigenvalue weighted by Gasteiger charge is 2.34. The van der Waals surface area contributed by atoms with Crippen LogP contribution in [-0.2, 0) is 6.54 Å². The van der Waals surface area contributed by atoms with Crippen LogP contribution in [0.4, 0.5) is 5.82 Å². The Morgan fingerprint density at radius 2 is 1.78 bits per heavy atom. The van der Waals surface area contributed by atoms with Crippen LogP contribution in [0.25, 0.3) is 0 Å². The van der Waals surface area contributed by atoms with Gasteiger partial charge in [0.2, 0.25) is 0 Å². The number of fused-ring (bicyclic) bond motifs is 1. The summed E-state index contributed by atoms with van der Waals surface area (Å²) in [5.74, 6) is 0.667. The Morgan fingerprint density at radius 3 is 2.48 bits per heavy atom. The second kappa shape index (κ2) is 7.16. The summed E-state index contributed by atoms with van der Waals surface area (Å²) in [5.41, 5.74) is 4.71. The molecule has 27 heavy (non-hydrogen) atoms. The second-order valence-electron chi connectivity index (χ2n) is 6.82. The third kappa shape index (κ3) is 3.47. The van der Waals surface area contributed by atoms with Crippen LogP contribution in [0.15, 0.2) is 65.1 Å². The lowest BCUT2D eigenvalue weighted by Crippen LogP contribution is -2.47. The summed E-state index contributed by atoms with van der Waals surface area (Å²) in [5, 5.41) is 3.17. The molecule has 1 aromatic heterocycles. The van der Waals surface area contributed by atoms with E-state index in [-0.39, 0.29) is 12.1 Å². The van der Waals surface area contributed by atoms with Crippen LogP contribution in [0.2, 0.25) is 0 Å². The number of carbonyl (C=O) groups is 1. The van der Waals surface area contributed by atoms with E-state index in [9.17, 15) is 4.79 Å². The smallest absolute Gasteiger partial charge is 0.257 e. The van der Waals surface area contributed by atoms with Gasteiger partial charge in [-0.25, -0.2) is 4.98 Å². The number of rotatable bonds is 3. The van der Waals surface area contributed by atoms with Crippen LogP contribution in [0.1, 0.15) is 38.9 Å². The van der Waals surface area contributed by atoms with E-state index in [1.54, 1.807) is 0 Å². The average molecular weight is 422 g/mol. The van der Waals surface area contributed by atoms with E-state index in [0.29, 0.717) is 12.1 Å². The van der Waals surface area contributed by atoms with Crippen molar-refractivity contribution in [3.05, 3.63) is 93.1 Å². The quantitative estimate of drug-likeness (QED) is 0.653. The van der Waals surface area contributed by atoms with Crippen molar-refractivity contribution in [2.45, 2.75) is 26.6 Å². The van der Waals surface area contributed by atoms with Gasteiger partial charge in [0.25, 0.3) is 5.91 Å². The molecule has 1 amide bonds. The minimum Gasteiger partial charge on any atom is -0.328 e. The highest BCUT2D eigenvalue weighted by molar-refractivity contribution is 9.10. The number of hydrogen-bond donors (Lipinski definition) is 1. The molecular formula is C22H20BrN3O. The van der Waals surface area contributed by atoms with Crippen LogP contribution in [0, 0.1) is 13.8 Å². The molecular weight excluding hydrogens is 402 g/mol. The molecule has 4 rings (SSSR count). The Bertz CT molecular complexity index is 986. The highest BCUT2D eigenvalue weighted by atomic mass is 79.9. The van der Waals surface area contributed by atoms with Crippen molar-refractivity contribution >= 4 is 27.7 Å². The van der Waals surface area contributed by atoms with Crippen LogP contribution in [-0.4, -0.2) is 10.9 Å². The molecule has 136 valence electrons. The van der Waals surface area contributed by atoms with Gasteiger partial charge < -0.3 is 10.2 Å². The summed E-state index contributed by atoms with van der Waals surface area (Å²) in [7, 11) is 0. The lowest BCUT2D eigenvalue weighted by atomic mass is 10.0. The summed E-state index contributed by atoms with van der Waals surface area (Å²) >= 11 is 3.48. The largest absolute Gasteiger partial charge is 0.328 e. The van der Waals surface area contributed by atoms with E-state index in [2.05, 4.69) is 38.3 Å². The fourth-order valence-corrected chi connectivity index (χ4v) is 3.82. The SMILES string of the molecule is Cc1cc(C)c2c(n1)N(Cc1ccccc1)[C@H](c1ccc(Br)cc1)NC2=O. The summed E-state index contributed by atoms with van der Waals surface area (Å²) in [6, 6.07) is 20.3. The standard InChI is InChI=1S/C22H20BrN3O/c1-14-12-15(2)24-21-19(14)22(27)25-20(17-8-10-18(23)11-9-17)26(21)13-16-6-4-3-5-7-16/h3-12,20H,13H2,1-2H3,(H,25,27)/t20-/m1/s1. The number of halogens is 1. The molecule has 0 aliphatic carbocycles. The van der Waals surface area contributed by atoms with Gasteiger partial charge in [0.1, 0.15) is 12.0 Å². The van der Waals surface area contributed by atoms with Crippen molar-refractivity contribution in [3.8, 4) is 0 Å². The van der Waals surface area contributed by atoms with Crippen LogP contribution in [0.3, 0.4) is 0 Å². The molecule has 1 aliphatic rings. The predicted octanol–water partition coefficient (Wildman–Crippen LogP) is 4.91. The number of benzene rings is 2. The maximum Gasteiger partial charge on any atom is 0.257 e. The van der Waals surface area contributed by atoms with Crippen molar-refractivity contribution in [1.29, 1.82) is 0 Å². The van der Waals surface area contributed by atoms with E-state index in [0.717, 1.165) is 27.1 Å². The summed E-state index contributed by atoms with van der Waals surface area (Å²) in [4.78, 5) is 19.8. The van der Waals surface area contributed by atoms with E-state index in [4.69, 9.17) is 4.98 Å². The summed E-state index contributed by atoms with van der Waals surface area (Å²) in [6.07, 6.45) is -0.271. The van der Waals surface area contributed by atoms with E-state index in [1.165, 1.54) is 5.56 Å². The number of amides is 1. The molecule has 2 aromatic carbocycles. The number of carbonyl (C=O) groups excluding carboxylic acids is 1. The third-order valence-electron chi connectivity index (χ3n) is 4.79. The topological polar surface area (TPSA) is 45.2 Å². The molecule has 0 saturated heterocycles.